The second-order valence-corrected chi connectivity index (χ2v) is 7.13. The summed E-state index contributed by atoms with van der Waals surface area (Å²) < 4.78 is 16.3. The molecule has 0 bridgehead atoms. The average Bonchev–Trinajstić information content (AvgIpc) is 2.91. The number of ether oxygens (including phenoxy) is 3. The highest BCUT2D eigenvalue weighted by atomic mass is 16.5. The van der Waals surface area contributed by atoms with Crippen molar-refractivity contribution in [2.45, 2.75) is 19.3 Å². The molecular weight excluding hydrogens is 386 g/mol. The van der Waals surface area contributed by atoms with Crippen molar-refractivity contribution in [3.8, 4) is 11.5 Å². The molecule has 0 fully saturated rings. The molecule has 2 aliphatic rings. The highest BCUT2D eigenvalue weighted by Crippen LogP contribution is 2.33. The summed E-state index contributed by atoms with van der Waals surface area (Å²) in [5.41, 5.74) is 2.63. The van der Waals surface area contributed by atoms with Crippen LogP contribution in [0.2, 0.25) is 0 Å². The Bertz CT molecular complexity index is 1040. The van der Waals surface area contributed by atoms with Crippen LogP contribution in [-0.2, 0) is 14.3 Å². The number of amides is 1. The smallest absolute Gasteiger partial charge is 0.331 e. The molecule has 1 N–H and O–H groups in total. The van der Waals surface area contributed by atoms with Crippen molar-refractivity contribution in [3.05, 3.63) is 59.2 Å². The van der Waals surface area contributed by atoms with Gasteiger partial charge in [-0.25, -0.2) is 4.79 Å². The quantitative estimate of drug-likeness (QED) is 0.464. The van der Waals surface area contributed by atoms with Gasteiger partial charge < -0.3 is 19.5 Å². The Morgan fingerprint density at radius 2 is 1.93 bits per heavy atom. The van der Waals surface area contributed by atoms with Gasteiger partial charge in [-0.3, -0.25) is 9.59 Å². The SMILES string of the molecule is C[C@H]1C(=O)Nc2ccc(C(=O)COC(=O)/C=C/c3ccc4c(c3)OCCCO4)cc21. The Labute approximate surface area is 173 Å². The molecule has 0 spiro atoms. The lowest BCUT2D eigenvalue weighted by Crippen LogP contribution is -2.13. The van der Waals surface area contributed by atoms with Crippen LogP contribution in [0.4, 0.5) is 5.69 Å². The maximum absolute atomic E-state index is 12.4. The van der Waals surface area contributed by atoms with Crippen molar-refractivity contribution >= 4 is 29.4 Å². The fourth-order valence-corrected chi connectivity index (χ4v) is 3.31. The zero-order valence-electron chi connectivity index (χ0n) is 16.5. The molecule has 30 heavy (non-hydrogen) atoms. The molecule has 7 heteroatoms. The third kappa shape index (κ3) is 4.20. The molecule has 0 saturated carbocycles. The highest BCUT2D eigenvalue weighted by molar-refractivity contribution is 6.05. The van der Waals surface area contributed by atoms with E-state index < -0.39 is 5.97 Å². The lowest BCUT2D eigenvalue weighted by Gasteiger charge is -2.07. The van der Waals surface area contributed by atoms with E-state index in [1.807, 2.05) is 6.07 Å². The number of ketones is 1. The van der Waals surface area contributed by atoms with E-state index in [0.29, 0.717) is 36.0 Å². The fourth-order valence-electron chi connectivity index (χ4n) is 3.31. The number of fused-ring (bicyclic) bond motifs is 2. The van der Waals surface area contributed by atoms with E-state index in [-0.39, 0.29) is 24.2 Å². The first-order valence-corrected chi connectivity index (χ1v) is 9.74. The van der Waals surface area contributed by atoms with E-state index in [0.717, 1.165) is 17.5 Å². The zero-order chi connectivity index (χ0) is 21.1. The van der Waals surface area contributed by atoms with Crippen molar-refractivity contribution < 1.29 is 28.6 Å². The normalized spacial score (nSPS) is 17.2. The Morgan fingerprint density at radius 3 is 2.77 bits per heavy atom. The third-order valence-corrected chi connectivity index (χ3v) is 5.02. The predicted molar refractivity (Wildman–Crippen MR) is 110 cm³/mol. The van der Waals surface area contributed by atoms with Gasteiger partial charge in [0.05, 0.1) is 19.1 Å². The molecule has 7 nitrogen and oxygen atoms in total. The van der Waals surface area contributed by atoms with Crippen molar-refractivity contribution in [2.24, 2.45) is 0 Å². The van der Waals surface area contributed by atoms with Crippen LogP contribution in [0.3, 0.4) is 0 Å². The molecule has 2 aromatic carbocycles. The molecule has 2 aliphatic heterocycles. The highest BCUT2D eigenvalue weighted by Gasteiger charge is 2.27. The minimum absolute atomic E-state index is 0.0964. The van der Waals surface area contributed by atoms with Crippen LogP contribution in [0.15, 0.2) is 42.5 Å². The van der Waals surface area contributed by atoms with Gasteiger partial charge in [0, 0.05) is 23.7 Å². The van der Waals surface area contributed by atoms with Crippen LogP contribution in [0.1, 0.15) is 40.7 Å². The number of hydrogen-bond acceptors (Lipinski definition) is 6. The number of carbonyl (C=O) groups excluding carboxylic acids is 3. The second kappa shape index (κ2) is 8.41. The summed E-state index contributed by atoms with van der Waals surface area (Å²) in [5.74, 6) is -0.0478. The standard InChI is InChI=1S/C23H21NO6/c1-14-17-12-16(5-6-18(17)24-23(14)27)19(25)13-30-22(26)8-4-15-3-7-20-21(11-15)29-10-2-9-28-20/h3-8,11-12,14H,2,9-10,13H2,1H3,(H,24,27)/b8-4+/t14-/m1/s1. The molecule has 0 aromatic heterocycles. The summed E-state index contributed by atoms with van der Waals surface area (Å²) in [6.45, 7) is 2.59. The maximum atomic E-state index is 12.4. The van der Waals surface area contributed by atoms with E-state index in [1.54, 1.807) is 43.3 Å². The van der Waals surface area contributed by atoms with Crippen LogP contribution in [0.5, 0.6) is 11.5 Å². The van der Waals surface area contributed by atoms with Gasteiger partial charge in [0.2, 0.25) is 5.91 Å². The molecule has 0 aliphatic carbocycles. The number of anilines is 1. The molecule has 1 atom stereocenters. The van der Waals surface area contributed by atoms with Gasteiger partial charge in [0.1, 0.15) is 0 Å². The molecule has 0 saturated heterocycles. The Hall–Kier alpha value is -3.61. The largest absolute Gasteiger partial charge is 0.490 e. The number of esters is 1. The molecule has 0 radical (unpaired) electrons. The van der Waals surface area contributed by atoms with Crippen molar-refractivity contribution in [3.63, 3.8) is 0 Å². The van der Waals surface area contributed by atoms with Gasteiger partial charge in [-0.1, -0.05) is 6.07 Å². The van der Waals surface area contributed by atoms with Crippen LogP contribution < -0.4 is 14.8 Å². The summed E-state index contributed by atoms with van der Waals surface area (Å²) in [7, 11) is 0. The summed E-state index contributed by atoms with van der Waals surface area (Å²) >= 11 is 0. The van der Waals surface area contributed by atoms with Crippen LogP contribution in [0, 0.1) is 0 Å². The minimum Gasteiger partial charge on any atom is -0.490 e. The first-order valence-electron chi connectivity index (χ1n) is 9.74. The van der Waals surface area contributed by atoms with Gasteiger partial charge in [0.25, 0.3) is 0 Å². The first-order chi connectivity index (χ1) is 14.5. The van der Waals surface area contributed by atoms with Gasteiger partial charge in [0.15, 0.2) is 23.9 Å². The number of Topliss-reactive ketones (excluding diaryl/α,β-unsaturated/α-hetero) is 1. The summed E-state index contributed by atoms with van der Waals surface area (Å²) in [4.78, 5) is 36.1. The third-order valence-electron chi connectivity index (χ3n) is 5.02. The number of benzene rings is 2. The van der Waals surface area contributed by atoms with Crippen LogP contribution in [0.25, 0.3) is 6.08 Å². The molecule has 2 heterocycles. The lowest BCUT2D eigenvalue weighted by molar-refractivity contribution is -0.136. The van der Waals surface area contributed by atoms with Crippen LogP contribution >= 0.6 is 0 Å². The second-order valence-electron chi connectivity index (χ2n) is 7.13. The van der Waals surface area contributed by atoms with E-state index in [1.165, 1.54) is 6.08 Å². The molecule has 154 valence electrons. The van der Waals surface area contributed by atoms with E-state index >= 15 is 0 Å². The fraction of sp³-hybridized carbons (Fsp3) is 0.261. The van der Waals surface area contributed by atoms with Gasteiger partial charge in [-0.2, -0.15) is 0 Å². The number of hydrogen-bond donors (Lipinski definition) is 1. The van der Waals surface area contributed by atoms with Gasteiger partial charge >= 0.3 is 5.97 Å². The van der Waals surface area contributed by atoms with E-state index in [2.05, 4.69) is 5.32 Å². The topological polar surface area (TPSA) is 90.9 Å². The number of carbonyl (C=O) groups is 3. The molecular formula is C23H21NO6. The first kappa shape index (κ1) is 19.7. The van der Waals surface area contributed by atoms with Crippen molar-refractivity contribution in [2.75, 3.05) is 25.1 Å². The Kier molecular flexibility index (Phi) is 5.52. The van der Waals surface area contributed by atoms with E-state index in [4.69, 9.17) is 14.2 Å². The van der Waals surface area contributed by atoms with Crippen molar-refractivity contribution in [1.82, 2.24) is 0 Å². The molecule has 2 aromatic rings. The summed E-state index contributed by atoms with van der Waals surface area (Å²) in [6, 6.07) is 10.4. The molecule has 1 amide bonds. The predicted octanol–water partition coefficient (Wildman–Crippen LogP) is 3.34. The van der Waals surface area contributed by atoms with Gasteiger partial charge in [-0.15, -0.1) is 0 Å². The number of rotatable bonds is 5. The van der Waals surface area contributed by atoms with Crippen LogP contribution in [-0.4, -0.2) is 37.5 Å². The van der Waals surface area contributed by atoms with Gasteiger partial charge in [-0.05, 0) is 54.5 Å². The molecule has 0 unspecified atom stereocenters. The molecule has 4 rings (SSSR count). The minimum atomic E-state index is -0.623. The summed E-state index contributed by atoms with van der Waals surface area (Å²) in [5, 5.41) is 2.76. The van der Waals surface area contributed by atoms with Crippen molar-refractivity contribution in [1.29, 1.82) is 0 Å². The monoisotopic (exact) mass is 407 g/mol. The lowest BCUT2D eigenvalue weighted by atomic mass is 9.99. The average molecular weight is 407 g/mol. The Morgan fingerprint density at radius 1 is 1.13 bits per heavy atom. The van der Waals surface area contributed by atoms with E-state index in [9.17, 15) is 14.4 Å². The number of nitrogens with one attached hydrogen (secondary N) is 1. The summed E-state index contributed by atoms with van der Waals surface area (Å²) in [6.07, 6.45) is 3.67. The maximum Gasteiger partial charge on any atom is 0.331 e. The zero-order valence-corrected chi connectivity index (χ0v) is 16.5. The Balaban J connectivity index is 1.34.